The van der Waals surface area contributed by atoms with Gasteiger partial charge in [-0.1, -0.05) is 11.6 Å². The van der Waals surface area contributed by atoms with Crippen LogP contribution in [0.15, 0.2) is 23.0 Å². The monoisotopic (exact) mass is 258 g/mol. The zero-order valence-corrected chi connectivity index (χ0v) is 10.6. The lowest BCUT2D eigenvalue weighted by Gasteiger charge is -2.12. The van der Waals surface area contributed by atoms with Gasteiger partial charge in [-0.3, -0.25) is 0 Å². The second-order valence-electron chi connectivity index (χ2n) is 3.16. The van der Waals surface area contributed by atoms with Crippen molar-refractivity contribution in [3.05, 3.63) is 37.9 Å². The van der Waals surface area contributed by atoms with E-state index in [9.17, 15) is 0 Å². The molecule has 15 heavy (non-hydrogen) atoms. The van der Waals surface area contributed by atoms with Crippen molar-refractivity contribution in [2.24, 2.45) is 0 Å². The summed E-state index contributed by atoms with van der Waals surface area (Å²) in [6.45, 7) is 0. The highest BCUT2D eigenvalue weighted by atomic mass is 35.5. The number of thiophene rings is 1. The van der Waals surface area contributed by atoms with Crippen molar-refractivity contribution in [2.75, 3.05) is 7.05 Å². The van der Waals surface area contributed by atoms with Gasteiger partial charge in [0, 0.05) is 16.7 Å². The largest absolute Gasteiger partial charge is 0.311 e. The van der Waals surface area contributed by atoms with E-state index in [1.807, 2.05) is 18.6 Å². The summed E-state index contributed by atoms with van der Waals surface area (Å²) in [5, 5.41) is 5.35. The fraction of sp³-hybridized carbons (Fsp3) is 0.300. The van der Waals surface area contributed by atoms with E-state index in [2.05, 4.69) is 21.7 Å². The zero-order chi connectivity index (χ0) is 10.7. The fourth-order valence-electron chi connectivity index (χ4n) is 1.41. The number of nitrogens with zero attached hydrogens (tertiary/aromatic N) is 1. The van der Waals surface area contributed by atoms with E-state index in [4.69, 9.17) is 11.6 Å². The van der Waals surface area contributed by atoms with Gasteiger partial charge in [0.15, 0.2) is 0 Å². The lowest BCUT2D eigenvalue weighted by atomic mass is 10.1. The minimum atomic E-state index is 0.283. The predicted molar refractivity (Wildman–Crippen MR) is 66.9 cm³/mol. The number of hydrogen-bond donors (Lipinski definition) is 1. The quantitative estimate of drug-likeness (QED) is 0.910. The number of thiazole rings is 1. The molecule has 0 radical (unpaired) electrons. The third-order valence-electron chi connectivity index (χ3n) is 2.19. The SMILES string of the molecule is CNC(Cc1ccc(Cl)s1)c1cscn1. The van der Waals surface area contributed by atoms with E-state index in [0.717, 1.165) is 16.5 Å². The maximum atomic E-state index is 5.90. The van der Waals surface area contributed by atoms with Crippen LogP contribution in [-0.4, -0.2) is 12.0 Å². The highest BCUT2D eigenvalue weighted by Gasteiger charge is 2.12. The average molecular weight is 259 g/mol. The summed E-state index contributed by atoms with van der Waals surface area (Å²) in [6, 6.07) is 4.30. The van der Waals surface area contributed by atoms with Crippen molar-refractivity contribution in [3.63, 3.8) is 0 Å². The summed E-state index contributed by atoms with van der Waals surface area (Å²) in [5.41, 5.74) is 2.97. The van der Waals surface area contributed by atoms with E-state index >= 15 is 0 Å². The number of likely N-dealkylation sites (N-methyl/N-ethyl adjacent to an activating group) is 1. The first-order valence-electron chi connectivity index (χ1n) is 4.59. The van der Waals surface area contributed by atoms with Gasteiger partial charge in [0.2, 0.25) is 0 Å². The molecule has 0 aliphatic rings. The van der Waals surface area contributed by atoms with Crippen molar-refractivity contribution >= 4 is 34.3 Å². The molecule has 2 nitrogen and oxygen atoms in total. The molecular weight excluding hydrogens is 248 g/mol. The number of rotatable bonds is 4. The van der Waals surface area contributed by atoms with Crippen molar-refractivity contribution in [1.82, 2.24) is 10.3 Å². The van der Waals surface area contributed by atoms with Crippen LogP contribution in [0.2, 0.25) is 4.34 Å². The Morgan fingerprint density at radius 1 is 1.53 bits per heavy atom. The molecule has 0 fully saturated rings. The highest BCUT2D eigenvalue weighted by Crippen LogP contribution is 2.26. The molecule has 0 aliphatic heterocycles. The van der Waals surface area contributed by atoms with Crippen LogP contribution in [0.25, 0.3) is 0 Å². The Labute approximate surface area is 102 Å². The van der Waals surface area contributed by atoms with Crippen molar-refractivity contribution < 1.29 is 0 Å². The molecule has 1 atom stereocenters. The number of nitrogens with one attached hydrogen (secondary N) is 1. The highest BCUT2D eigenvalue weighted by molar-refractivity contribution is 7.16. The number of hydrogen-bond acceptors (Lipinski definition) is 4. The maximum Gasteiger partial charge on any atom is 0.0931 e. The van der Waals surface area contributed by atoms with Crippen LogP contribution >= 0.6 is 34.3 Å². The molecule has 0 amide bonds. The third-order valence-corrected chi connectivity index (χ3v) is 4.05. The smallest absolute Gasteiger partial charge is 0.0931 e. The van der Waals surface area contributed by atoms with E-state index in [0.29, 0.717) is 0 Å². The topological polar surface area (TPSA) is 24.9 Å². The molecule has 0 spiro atoms. The fourth-order valence-corrected chi connectivity index (χ4v) is 3.15. The molecule has 0 bridgehead atoms. The van der Waals surface area contributed by atoms with E-state index in [1.54, 1.807) is 22.7 Å². The standard InChI is InChI=1S/C10H11ClN2S2/c1-12-8(9-5-14-6-13-9)4-7-2-3-10(11)15-7/h2-3,5-6,8,12H,4H2,1H3. The molecule has 2 aromatic heterocycles. The van der Waals surface area contributed by atoms with E-state index in [-0.39, 0.29) is 6.04 Å². The molecule has 5 heteroatoms. The summed E-state index contributed by atoms with van der Waals surface area (Å²) in [7, 11) is 1.96. The van der Waals surface area contributed by atoms with Gasteiger partial charge in [0.05, 0.1) is 21.6 Å². The average Bonchev–Trinajstić information content (AvgIpc) is 2.85. The first-order chi connectivity index (χ1) is 7.29. The Bertz CT molecular complexity index is 411. The Balaban J connectivity index is 2.09. The van der Waals surface area contributed by atoms with Crippen molar-refractivity contribution in [3.8, 4) is 0 Å². The molecule has 0 saturated heterocycles. The van der Waals surface area contributed by atoms with E-state index < -0.39 is 0 Å². The normalized spacial score (nSPS) is 12.9. The second kappa shape index (κ2) is 5.07. The van der Waals surface area contributed by atoms with Gasteiger partial charge in [-0.2, -0.15) is 0 Å². The second-order valence-corrected chi connectivity index (χ2v) is 5.68. The third kappa shape index (κ3) is 2.78. The summed E-state index contributed by atoms with van der Waals surface area (Å²) in [5.74, 6) is 0. The van der Waals surface area contributed by atoms with Gasteiger partial charge in [-0.15, -0.1) is 22.7 Å². The summed E-state index contributed by atoms with van der Waals surface area (Å²) < 4.78 is 0.845. The van der Waals surface area contributed by atoms with Gasteiger partial charge in [-0.25, -0.2) is 4.98 Å². The van der Waals surface area contributed by atoms with Crippen LogP contribution in [-0.2, 0) is 6.42 Å². The van der Waals surface area contributed by atoms with Crippen molar-refractivity contribution in [1.29, 1.82) is 0 Å². The molecule has 0 aliphatic carbocycles. The first-order valence-corrected chi connectivity index (χ1v) is 6.73. The summed E-state index contributed by atoms with van der Waals surface area (Å²) in [4.78, 5) is 5.60. The molecule has 0 aromatic carbocycles. The van der Waals surface area contributed by atoms with Crippen LogP contribution in [0.4, 0.5) is 0 Å². The van der Waals surface area contributed by atoms with Crippen LogP contribution in [0.5, 0.6) is 0 Å². The summed E-state index contributed by atoms with van der Waals surface area (Å²) in [6.07, 6.45) is 0.942. The van der Waals surface area contributed by atoms with Gasteiger partial charge in [-0.05, 0) is 19.2 Å². The maximum absolute atomic E-state index is 5.90. The lowest BCUT2D eigenvalue weighted by molar-refractivity contribution is 0.583. The molecular formula is C10H11ClN2S2. The minimum Gasteiger partial charge on any atom is -0.311 e. The van der Waals surface area contributed by atoms with Crippen LogP contribution in [0, 0.1) is 0 Å². The first kappa shape index (κ1) is 11.1. The Morgan fingerprint density at radius 2 is 2.40 bits per heavy atom. The molecule has 0 saturated carbocycles. The van der Waals surface area contributed by atoms with Gasteiger partial charge in [0.25, 0.3) is 0 Å². The molecule has 2 heterocycles. The molecule has 80 valence electrons. The van der Waals surface area contributed by atoms with Crippen molar-refractivity contribution in [2.45, 2.75) is 12.5 Å². The number of halogens is 1. The van der Waals surface area contributed by atoms with Crippen LogP contribution < -0.4 is 5.32 Å². The zero-order valence-electron chi connectivity index (χ0n) is 8.24. The van der Waals surface area contributed by atoms with Gasteiger partial charge in [0.1, 0.15) is 0 Å². The molecule has 2 aromatic rings. The Kier molecular flexibility index (Phi) is 3.75. The summed E-state index contributed by atoms with van der Waals surface area (Å²) >= 11 is 9.15. The molecule has 1 N–H and O–H groups in total. The predicted octanol–water partition coefficient (Wildman–Crippen LogP) is 3.36. The Morgan fingerprint density at radius 3 is 2.93 bits per heavy atom. The molecule has 1 unspecified atom stereocenters. The van der Waals surface area contributed by atoms with Crippen LogP contribution in [0.1, 0.15) is 16.6 Å². The van der Waals surface area contributed by atoms with Gasteiger partial charge < -0.3 is 5.32 Å². The minimum absolute atomic E-state index is 0.283. The van der Waals surface area contributed by atoms with Crippen LogP contribution in [0.3, 0.4) is 0 Å². The molecule has 2 rings (SSSR count). The van der Waals surface area contributed by atoms with E-state index in [1.165, 1.54) is 4.88 Å². The lowest BCUT2D eigenvalue weighted by Crippen LogP contribution is -2.18. The Hall–Kier alpha value is -0.420. The van der Waals surface area contributed by atoms with Gasteiger partial charge >= 0.3 is 0 Å². The number of aromatic nitrogens is 1.